The molecule has 9 heteroatoms. The topological polar surface area (TPSA) is 137 Å². The number of hydrogen-bond acceptors (Lipinski definition) is 8. The first-order valence-electron chi connectivity index (χ1n) is 7.88. The fourth-order valence-electron chi connectivity index (χ4n) is 3.19. The summed E-state index contributed by atoms with van der Waals surface area (Å²) >= 11 is 0. The average molecular weight is 362 g/mol. The molecule has 5 rings (SSSR count). The van der Waals surface area contributed by atoms with Gasteiger partial charge in [0, 0.05) is 6.08 Å². The predicted octanol–water partition coefficient (Wildman–Crippen LogP) is 0.835. The van der Waals surface area contributed by atoms with E-state index in [1.807, 2.05) is 0 Å². The van der Waals surface area contributed by atoms with E-state index >= 15 is 0 Å². The summed E-state index contributed by atoms with van der Waals surface area (Å²) in [4.78, 5) is 16.7. The van der Waals surface area contributed by atoms with E-state index in [1.54, 1.807) is 24.3 Å². The normalized spacial score (nSPS) is 16.2. The van der Waals surface area contributed by atoms with Crippen molar-refractivity contribution in [3.05, 3.63) is 75.3 Å². The summed E-state index contributed by atoms with van der Waals surface area (Å²) in [6.45, 7) is 0. The number of nitrogens with two attached hydrogens (primary N) is 1. The van der Waals surface area contributed by atoms with E-state index in [-0.39, 0.29) is 28.4 Å². The van der Waals surface area contributed by atoms with Crippen molar-refractivity contribution in [3.8, 4) is 12.0 Å². The molecule has 1 aliphatic heterocycles. The summed E-state index contributed by atoms with van der Waals surface area (Å²) in [6.07, 6.45) is 4.44. The molecular weight excluding hydrogens is 352 g/mol. The van der Waals surface area contributed by atoms with Gasteiger partial charge < -0.3 is 23.4 Å². The van der Waals surface area contributed by atoms with E-state index in [0.29, 0.717) is 17.2 Å². The van der Waals surface area contributed by atoms with Crippen molar-refractivity contribution in [1.29, 1.82) is 5.26 Å². The van der Waals surface area contributed by atoms with Gasteiger partial charge in [-0.2, -0.15) is 10.2 Å². The summed E-state index contributed by atoms with van der Waals surface area (Å²) in [6, 6.07) is 8.74. The number of anilines is 1. The summed E-state index contributed by atoms with van der Waals surface area (Å²) < 4.78 is 23.0. The zero-order valence-electron chi connectivity index (χ0n) is 13.6. The van der Waals surface area contributed by atoms with Crippen molar-refractivity contribution < 1.29 is 17.7 Å². The van der Waals surface area contributed by atoms with Crippen molar-refractivity contribution in [2.24, 2.45) is 0 Å². The lowest BCUT2D eigenvalue weighted by Crippen LogP contribution is -2.35. The molecule has 0 saturated carbocycles. The Hall–Kier alpha value is -4.19. The lowest BCUT2D eigenvalue weighted by Gasteiger charge is -2.16. The maximum atomic E-state index is 12.5. The molecule has 1 atom stereocenters. The van der Waals surface area contributed by atoms with Crippen LogP contribution in [0.25, 0.3) is 17.5 Å². The Bertz CT molecular complexity index is 1360. The third-order valence-electron chi connectivity index (χ3n) is 4.26. The van der Waals surface area contributed by atoms with E-state index in [0.717, 1.165) is 0 Å². The number of aromatic nitrogens is 2. The van der Waals surface area contributed by atoms with Gasteiger partial charge in [-0.1, -0.05) is 0 Å². The molecule has 0 unspecified atom stereocenters. The SMILES string of the molecule is N#CC1=c2oc(=O)/c(=C\c3ccco3)n2-c2oc(N)nc2[C@@H]1c1ccco1. The van der Waals surface area contributed by atoms with Gasteiger partial charge in [-0.05, 0) is 24.3 Å². The van der Waals surface area contributed by atoms with Crippen LogP contribution >= 0.6 is 0 Å². The van der Waals surface area contributed by atoms with Crippen molar-refractivity contribution in [2.75, 3.05) is 5.73 Å². The predicted molar refractivity (Wildman–Crippen MR) is 89.9 cm³/mol. The molecule has 4 aromatic rings. The average Bonchev–Trinajstić information content (AvgIpc) is 3.42. The van der Waals surface area contributed by atoms with E-state index in [4.69, 9.17) is 23.4 Å². The largest absolute Gasteiger partial charge is 0.468 e. The van der Waals surface area contributed by atoms with E-state index < -0.39 is 11.5 Å². The highest BCUT2D eigenvalue weighted by atomic mass is 16.4. The zero-order chi connectivity index (χ0) is 18.5. The second kappa shape index (κ2) is 5.40. The van der Waals surface area contributed by atoms with Gasteiger partial charge >= 0.3 is 5.63 Å². The van der Waals surface area contributed by atoms with Crippen molar-refractivity contribution in [1.82, 2.24) is 9.55 Å². The molecule has 0 radical (unpaired) electrons. The van der Waals surface area contributed by atoms with Gasteiger partial charge in [0.25, 0.3) is 6.01 Å². The molecule has 1 aliphatic rings. The molecular formula is C18H10N4O5. The quantitative estimate of drug-likeness (QED) is 0.553. The minimum absolute atomic E-state index is 0.0327. The number of hydrogen-bond donors (Lipinski definition) is 1. The highest BCUT2D eigenvalue weighted by Crippen LogP contribution is 2.37. The van der Waals surface area contributed by atoms with Crippen LogP contribution in [0.15, 0.2) is 59.3 Å². The number of furan rings is 2. The fourth-order valence-corrected chi connectivity index (χ4v) is 3.19. The van der Waals surface area contributed by atoms with Crippen LogP contribution in [0.5, 0.6) is 0 Å². The van der Waals surface area contributed by atoms with Crippen LogP contribution < -0.4 is 22.3 Å². The maximum Gasteiger partial charge on any atom is 0.362 e. The van der Waals surface area contributed by atoms with Gasteiger partial charge in [-0.25, -0.2) is 9.36 Å². The molecule has 0 fully saturated rings. The highest BCUT2D eigenvalue weighted by Gasteiger charge is 2.37. The lowest BCUT2D eigenvalue weighted by atomic mass is 9.92. The summed E-state index contributed by atoms with van der Waals surface area (Å²) in [5.74, 6) is 0.367. The number of nitriles is 1. The monoisotopic (exact) mass is 362 g/mol. The fraction of sp³-hybridized carbons (Fsp3) is 0.0556. The third-order valence-corrected chi connectivity index (χ3v) is 4.26. The van der Waals surface area contributed by atoms with E-state index in [2.05, 4.69) is 11.1 Å². The standard InChI is InChI=1S/C18H10N4O5/c19-8-10-13(12-4-2-6-25-12)14-16(27-18(20)21-14)22-11(17(23)26-15(10)22)7-9-3-1-5-24-9/h1-7,13H,(H2,20,21)/b11-7+/t13-/m0/s1. The first kappa shape index (κ1) is 15.1. The van der Waals surface area contributed by atoms with Crippen LogP contribution in [-0.2, 0) is 0 Å². The van der Waals surface area contributed by atoms with Crippen molar-refractivity contribution in [3.63, 3.8) is 0 Å². The Morgan fingerprint density at radius 2 is 2.04 bits per heavy atom. The molecule has 0 bridgehead atoms. The summed E-state index contributed by atoms with van der Waals surface area (Å²) in [5.41, 5.74) is 5.64. The second-order valence-corrected chi connectivity index (χ2v) is 5.79. The molecule has 5 heterocycles. The van der Waals surface area contributed by atoms with Gasteiger partial charge in [-0.15, -0.1) is 0 Å². The molecule has 0 saturated heterocycles. The van der Waals surface area contributed by atoms with Gasteiger partial charge in [0.05, 0.1) is 12.5 Å². The first-order chi connectivity index (χ1) is 13.2. The van der Waals surface area contributed by atoms with Crippen LogP contribution in [0.4, 0.5) is 6.01 Å². The number of rotatable bonds is 2. The molecule has 0 amide bonds. The third kappa shape index (κ3) is 2.10. The Morgan fingerprint density at radius 3 is 2.74 bits per heavy atom. The Morgan fingerprint density at radius 1 is 1.22 bits per heavy atom. The maximum absolute atomic E-state index is 12.5. The smallest absolute Gasteiger partial charge is 0.362 e. The number of nitrogens with zero attached hydrogens (tertiary/aromatic N) is 3. The number of oxazole rings is 2. The minimum Gasteiger partial charge on any atom is -0.468 e. The van der Waals surface area contributed by atoms with Crippen LogP contribution in [-0.4, -0.2) is 9.55 Å². The van der Waals surface area contributed by atoms with E-state index in [1.165, 1.54) is 23.2 Å². The van der Waals surface area contributed by atoms with Gasteiger partial charge in [-0.3, -0.25) is 0 Å². The number of fused-ring (bicyclic) bond motifs is 3. The van der Waals surface area contributed by atoms with Crippen LogP contribution in [0.1, 0.15) is 23.1 Å². The van der Waals surface area contributed by atoms with Gasteiger partial charge in [0.15, 0.2) is 0 Å². The zero-order valence-corrected chi connectivity index (χ0v) is 13.6. The Kier molecular flexibility index (Phi) is 3.02. The van der Waals surface area contributed by atoms with Crippen LogP contribution in [0, 0.1) is 11.3 Å². The minimum atomic E-state index is -0.705. The molecule has 0 aromatic carbocycles. The molecule has 2 N–H and O–H groups in total. The Labute approximate surface area is 149 Å². The molecule has 0 aliphatic carbocycles. The molecule has 132 valence electrons. The first-order valence-corrected chi connectivity index (χ1v) is 7.88. The van der Waals surface area contributed by atoms with Crippen LogP contribution in [0.2, 0.25) is 0 Å². The second-order valence-electron chi connectivity index (χ2n) is 5.79. The highest BCUT2D eigenvalue weighted by molar-refractivity contribution is 5.72. The molecule has 9 nitrogen and oxygen atoms in total. The molecule has 4 aromatic heterocycles. The summed E-state index contributed by atoms with van der Waals surface area (Å²) in [5, 5.41) is 9.89. The summed E-state index contributed by atoms with van der Waals surface area (Å²) in [7, 11) is 0. The van der Waals surface area contributed by atoms with Gasteiger partial charge in [0.1, 0.15) is 40.1 Å². The lowest BCUT2D eigenvalue weighted by molar-refractivity contribution is 0.446. The van der Waals surface area contributed by atoms with Crippen molar-refractivity contribution >= 4 is 17.7 Å². The van der Waals surface area contributed by atoms with E-state index in [9.17, 15) is 10.1 Å². The molecule has 27 heavy (non-hydrogen) atoms. The Balaban J connectivity index is 1.94. The number of nitrogen functional groups attached to an aromatic ring is 1. The van der Waals surface area contributed by atoms with Crippen LogP contribution in [0.3, 0.4) is 0 Å². The van der Waals surface area contributed by atoms with Gasteiger partial charge in [0.2, 0.25) is 11.4 Å². The molecule has 0 spiro atoms. The van der Waals surface area contributed by atoms with Crippen molar-refractivity contribution in [2.45, 2.75) is 5.92 Å².